The molecule has 1 N–H and O–H groups in total. The van der Waals surface area contributed by atoms with E-state index in [9.17, 15) is 0 Å². The van der Waals surface area contributed by atoms with Crippen LogP contribution in [-0.2, 0) is 6.54 Å². The molecule has 1 aliphatic rings. The zero-order valence-corrected chi connectivity index (χ0v) is 17.9. The highest BCUT2D eigenvalue weighted by atomic mass is 79.9. The molecule has 0 unspecified atom stereocenters. The third kappa shape index (κ3) is 4.33. The number of fused-ring (bicyclic) bond motifs is 1. The fourth-order valence-corrected chi connectivity index (χ4v) is 3.79. The van der Waals surface area contributed by atoms with Crippen LogP contribution in [0.4, 0.5) is 5.82 Å². The number of nitrogens with one attached hydrogen (secondary N) is 1. The molecular formula is C23H24BrN5. The van der Waals surface area contributed by atoms with E-state index < -0.39 is 0 Å². The van der Waals surface area contributed by atoms with Crippen molar-refractivity contribution in [3.8, 4) is 11.4 Å². The molecule has 5 rings (SSSR count). The van der Waals surface area contributed by atoms with Crippen molar-refractivity contribution in [3.05, 3.63) is 78.6 Å². The number of nitrogens with zero attached hydrogens (tertiary/aromatic N) is 4. The van der Waals surface area contributed by atoms with Gasteiger partial charge in [0.2, 0.25) is 0 Å². The summed E-state index contributed by atoms with van der Waals surface area (Å²) in [6.07, 6.45) is 1.96. The average Bonchev–Trinajstić information content (AvgIpc) is 3.23. The normalized spacial score (nSPS) is 14.7. The standard InChI is InChI=1S/C23H23N5.BrH/c1-2-7-19(8-3-1)23-24-16-20(25-23)17-27-12-14-28(15-13-27)22-11-10-18-6-4-5-9-21(18)26-22;/h1-11,16H,12-15,17H2,(H,24,25);1H. The van der Waals surface area contributed by atoms with E-state index in [1.807, 2.05) is 30.5 Å². The maximum absolute atomic E-state index is 4.84. The zero-order chi connectivity index (χ0) is 18.8. The monoisotopic (exact) mass is 449 g/mol. The first kappa shape index (κ1) is 19.6. The molecule has 0 atom stereocenters. The van der Waals surface area contributed by atoms with E-state index in [1.165, 1.54) is 5.39 Å². The van der Waals surface area contributed by atoms with Gasteiger partial charge in [-0.1, -0.05) is 48.5 Å². The van der Waals surface area contributed by atoms with Gasteiger partial charge in [0, 0.05) is 55.6 Å². The fourth-order valence-electron chi connectivity index (χ4n) is 3.79. The third-order valence-corrected chi connectivity index (χ3v) is 5.35. The Balaban J connectivity index is 0.00000205. The van der Waals surface area contributed by atoms with Crippen molar-refractivity contribution in [2.75, 3.05) is 31.1 Å². The van der Waals surface area contributed by atoms with E-state index in [4.69, 9.17) is 4.98 Å². The first-order valence-electron chi connectivity index (χ1n) is 9.77. The summed E-state index contributed by atoms with van der Waals surface area (Å²) in [6.45, 7) is 4.93. The van der Waals surface area contributed by atoms with Crippen LogP contribution >= 0.6 is 17.0 Å². The molecule has 4 aromatic rings. The molecule has 1 aliphatic heterocycles. The summed E-state index contributed by atoms with van der Waals surface area (Å²) < 4.78 is 0. The van der Waals surface area contributed by atoms with Crippen LogP contribution in [0.1, 0.15) is 5.69 Å². The highest BCUT2D eigenvalue weighted by molar-refractivity contribution is 8.93. The first-order valence-corrected chi connectivity index (χ1v) is 9.77. The van der Waals surface area contributed by atoms with E-state index in [0.29, 0.717) is 0 Å². The van der Waals surface area contributed by atoms with E-state index in [-0.39, 0.29) is 17.0 Å². The molecule has 2 aromatic heterocycles. The molecule has 0 amide bonds. The molecule has 0 bridgehead atoms. The van der Waals surface area contributed by atoms with Gasteiger partial charge in [-0.2, -0.15) is 0 Å². The summed E-state index contributed by atoms with van der Waals surface area (Å²) in [5.41, 5.74) is 3.35. The molecule has 1 saturated heterocycles. The number of piperazine rings is 1. The topological polar surface area (TPSA) is 48.1 Å². The van der Waals surface area contributed by atoms with Gasteiger partial charge < -0.3 is 9.88 Å². The number of halogens is 1. The van der Waals surface area contributed by atoms with E-state index in [1.54, 1.807) is 0 Å². The van der Waals surface area contributed by atoms with Crippen molar-refractivity contribution < 1.29 is 0 Å². The molecule has 0 radical (unpaired) electrons. The second-order valence-corrected chi connectivity index (χ2v) is 7.25. The number of aromatic nitrogens is 3. The average molecular weight is 450 g/mol. The van der Waals surface area contributed by atoms with Crippen LogP contribution < -0.4 is 4.90 Å². The minimum Gasteiger partial charge on any atom is -0.354 e. The molecule has 0 aliphatic carbocycles. The lowest BCUT2D eigenvalue weighted by molar-refractivity contribution is 0.247. The predicted octanol–water partition coefficient (Wildman–Crippen LogP) is 4.53. The van der Waals surface area contributed by atoms with E-state index >= 15 is 0 Å². The smallest absolute Gasteiger partial charge is 0.137 e. The Kier molecular flexibility index (Phi) is 5.92. The largest absolute Gasteiger partial charge is 0.354 e. The Hall–Kier alpha value is -2.70. The quantitative estimate of drug-likeness (QED) is 0.497. The summed E-state index contributed by atoms with van der Waals surface area (Å²) >= 11 is 0. The van der Waals surface area contributed by atoms with Crippen LogP contribution in [0.3, 0.4) is 0 Å². The van der Waals surface area contributed by atoms with Crippen molar-refractivity contribution in [1.82, 2.24) is 19.9 Å². The summed E-state index contributed by atoms with van der Waals surface area (Å²) in [5.74, 6) is 2.01. The Bertz CT molecular complexity index is 1070. The van der Waals surface area contributed by atoms with Gasteiger partial charge in [0.05, 0.1) is 5.52 Å². The molecule has 5 nitrogen and oxygen atoms in total. The van der Waals surface area contributed by atoms with Gasteiger partial charge in [-0.25, -0.2) is 9.97 Å². The number of anilines is 1. The van der Waals surface area contributed by atoms with Crippen LogP contribution in [-0.4, -0.2) is 46.0 Å². The number of H-pyrrole nitrogens is 1. The van der Waals surface area contributed by atoms with Gasteiger partial charge in [0.25, 0.3) is 0 Å². The number of para-hydroxylation sites is 1. The van der Waals surface area contributed by atoms with Gasteiger partial charge in [-0.3, -0.25) is 4.90 Å². The van der Waals surface area contributed by atoms with Crippen LogP contribution in [0, 0.1) is 0 Å². The fraction of sp³-hybridized carbons (Fsp3) is 0.217. The summed E-state index contributed by atoms with van der Waals surface area (Å²) in [7, 11) is 0. The van der Waals surface area contributed by atoms with Crippen molar-refractivity contribution in [3.63, 3.8) is 0 Å². The van der Waals surface area contributed by atoms with Crippen LogP contribution in [0.2, 0.25) is 0 Å². The molecule has 3 heterocycles. The number of aromatic amines is 1. The van der Waals surface area contributed by atoms with Crippen molar-refractivity contribution in [2.24, 2.45) is 0 Å². The lowest BCUT2D eigenvalue weighted by Crippen LogP contribution is -2.46. The van der Waals surface area contributed by atoms with Gasteiger partial charge >= 0.3 is 0 Å². The maximum Gasteiger partial charge on any atom is 0.137 e. The number of pyridine rings is 1. The summed E-state index contributed by atoms with van der Waals surface area (Å²) in [4.78, 5) is 17.7. The summed E-state index contributed by atoms with van der Waals surface area (Å²) in [5, 5.41) is 1.19. The molecular weight excluding hydrogens is 426 g/mol. The van der Waals surface area contributed by atoms with E-state index in [0.717, 1.165) is 61.1 Å². The Labute approximate surface area is 181 Å². The second kappa shape index (κ2) is 8.76. The molecule has 6 heteroatoms. The number of hydrogen-bond acceptors (Lipinski definition) is 4. The second-order valence-electron chi connectivity index (χ2n) is 7.25. The SMILES string of the molecule is Br.c1ccc(-c2ncc(CN3CCN(c4ccc5ccccc5n4)CC3)[nH]2)cc1. The van der Waals surface area contributed by atoms with Crippen molar-refractivity contribution in [2.45, 2.75) is 6.54 Å². The minimum absolute atomic E-state index is 0. The molecule has 0 saturated carbocycles. The summed E-state index contributed by atoms with van der Waals surface area (Å²) in [6, 6.07) is 22.9. The maximum atomic E-state index is 4.84. The number of benzene rings is 2. The number of rotatable bonds is 4. The third-order valence-electron chi connectivity index (χ3n) is 5.35. The van der Waals surface area contributed by atoms with Crippen LogP contribution in [0.25, 0.3) is 22.3 Å². The number of hydrogen-bond donors (Lipinski definition) is 1. The lowest BCUT2D eigenvalue weighted by atomic mass is 10.2. The van der Waals surface area contributed by atoms with Gasteiger partial charge in [0.15, 0.2) is 0 Å². The Morgan fingerprint density at radius 3 is 2.41 bits per heavy atom. The van der Waals surface area contributed by atoms with Gasteiger partial charge in [-0.05, 0) is 18.2 Å². The van der Waals surface area contributed by atoms with E-state index in [2.05, 4.69) is 62.2 Å². The number of imidazole rings is 1. The molecule has 29 heavy (non-hydrogen) atoms. The van der Waals surface area contributed by atoms with Crippen molar-refractivity contribution in [1.29, 1.82) is 0 Å². The predicted molar refractivity (Wildman–Crippen MR) is 124 cm³/mol. The Morgan fingerprint density at radius 2 is 1.59 bits per heavy atom. The van der Waals surface area contributed by atoms with Crippen LogP contribution in [0.5, 0.6) is 0 Å². The first-order chi connectivity index (χ1) is 13.8. The van der Waals surface area contributed by atoms with Gasteiger partial charge in [0.1, 0.15) is 11.6 Å². The van der Waals surface area contributed by atoms with Crippen molar-refractivity contribution >= 4 is 33.7 Å². The molecule has 1 fully saturated rings. The van der Waals surface area contributed by atoms with Crippen LogP contribution in [0.15, 0.2) is 72.9 Å². The molecule has 0 spiro atoms. The zero-order valence-electron chi connectivity index (χ0n) is 16.2. The highest BCUT2D eigenvalue weighted by Gasteiger charge is 2.19. The molecule has 2 aromatic carbocycles. The minimum atomic E-state index is 0. The lowest BCUT2D eigenvalue weighted by Gasteiger charge is -2.35. The molecule has 148 valence electrons. The van der Waals surface area contributed by atoms with Gasteiger partial charge in [-0.15, -0.1) is 17.0 Å². The highest BCUT2D eigenvalue weighted by Crippen LogP contribution is 2.20. The Morgan fingerprint density at radius 1 is 0.828 bits per heavy atom.